The van der Waals surface area contributed by atoms with E-state index in [9.17, 15) is 4.79 Å². The van der Waals surface area contributed by atoms with E-state index in [1.165, 1.54) is 0 Å². The number of hydrogen-bond donors (Lipinski definition) is 0. The second-order valence-electron chi connectivity index (χ2n) is 3.35. The van der Waals surface area contributed by atoms with Crippen molar-refractivity contribution in [2.75, 3.05) is 11.5 Å². The summed E-state index contributed by atoms with van der Waals surface area (Å²) < 4.78 is 0. The Morgan fingerprint density at radius 2 is 2.31 bits per heavy atom. The summed E-state index contributed by atoms with van der Waals surface area (Å²) in [5, 5.41) is 0. The van der Waals surface area contributed by atoms with Crippen molar-refractivity contribution < 1.29 is 4.79 Å². The average molecular weight is 193 g/mol. The number of thioether (sulfide) groups is 1. The van der Waals surface area contributed by atoms with Crippen molar-refractivity contribution in [2.45, 2.75) is 6.92 Å². The van der Waals surface area contributed by atoms with Gasteiger partial charge in [-0.15, -0.1) is 0 Å². The Balaban J connectivity index is 2.19. The number of aryl methyl sites for hydroxylation is 1. The lowest BCUT2D eigenvalue weighted by atomic mass is 10.0. The smallest absolute Gasteiger partial charge is 0.169 e. The van der Waals surface area contributed by atoms with Crippen molar-refractivity contribution in [3.8, 4) is 0 Å². The van der Waals surface area contributed by atoms with Crippen molar-refractivity contribution in [1.29, 1.82) is 0 Å². The number of nitrogens with zero attached hydrogens (tertiary/aromatic N) is 1. The van der Waals surface area contributed by atoms with Crippen LogP contribution in [0, 0.1) is 12.8 Å². The highest BCUT2D eigenvalue weighted by molar-refractivity contribution is 8.00. The Labute approximate surface area is 81.8 Å². The molecule has 1 aliphatic heterocycles. The molecule has 0 bridgehead atoms. The molecule has 2 rings (SSSR count). The molecule has 68 valence electrons. The highest BCUT2D eigenvalue weighted by Gasteiger charge is 2.26. The molecule has 1 saturated heterocycles. The third kappa shape index (κ3) is 1.75. The minimum atomic E-state index is 0.244. The van der Waals surface area contributed by atoms with Gasteiger partial charge in [0.15, 0.2) is 5.78 Å². The number of pyridine rings is 1. The van der Waals surface area contributed by atoms with Gasteiger partial charge in [0.05, 0.1) is 0 Å². The molecule has 0 atom stereocenters. The number of rotatable bonds is 2. The molecule has 2 heterocycles. The highest BCUT2D eigenvalue weighted by Crippen LogP contribution is 2.27. The first-order valence-corrected chi connectivity index (χ1v) is 5.46. The average Bonchev–Trinajstić information content (AvgIpc) is 2.01. The normalized spacial score (nSPS) is 16.7. The van der Waals surface area contributed by atoms with Gasteiger partial charge in [0, 0.05) is 35.4 Å². The van der Waals surface area contributed by atoms with Crippen LogP contribution in [0.25, 0.3) is 0 Å². The number of carbonyl (C=O) groups is 1. The van der Waals surface area contributed by atoms with Crippen molar-refractivity contribution in [1.82, 2.24) is 4.98 Å². The van der Waals surface area contributed by atoms with Crippen LogP contribution in [0.1, 0.15) is 15.9 Å². The van der Waals surface area contributed by atoms with Crippen LogP contribution in [0.4, 0.5) is 0 Å². The van der Waals surface area contributed by atoms with Crippen LogP contribution in [0.15, 0.2) is 18.5 Å². The molecule has 0 unspecified atom stereocenters. The van der Waals surface area contributed by atoms with Gasteiger partial charge in [-0.3, -0.25) is 9.78 Å². The van der Waals surface area contributed by atoms with E-state index in [1.54, 1.807) is 12.4 Å². The second kappa shape index (κ2) is 3.50. The Bertz CT molecular complexity index is 333. The molecular formula is C10H11NOS. The summed E-state index contributed by atoms with van der Waals surface area (Å²) in [5.74, 6) is 2.46. The third-order valence-corrected chi connectivity index (χ3v) is 3.44. The molecule has 0 spiro atoms. The SMILES string of the molecule is Cc1cncc(C(=O)C2CSC2)c1. The molecule has 0 saturated carbocycles. The topological polar surface area (TPSA) is 30.0 Å². The molecule has 0 amide bonds. The Morgan fingerprint density at radius 3 is 2.85 bits per heavy atom. The Morgan fingerprint density at radius 1 is 1.54 bits per heavy atom. The van der Waals surface area contributed by atoms with Gasteiger partial charge in [-0.05, 0) is 18.6 Å². The Kier molecular flexibility index (Phi) is 2.36. The van der Waals surface area contributed by atoms with Gasteiger partial charge in [0.1, 0.15) is 0 Å². The van der Waals surface area contributed by atoms with Crippen LogP contribution in [-0.2, 0) is 0 Å². The lowest BCUT2D eigenvalue weighted by molar-refractivity contribution is 0.0938. The van der Waals surface area contributed by atoms with Gasteiger partial charge in [0.2, 0.25) is 0 Å². The van der Waals surface area contributed by atoms with Crippen molar-refractivity contribution in [2.24, 2.45) is 5.92 Å². The van der Waals surface area contributed by atoms with Gasteiger partial charge in [0.25, 0.3) is 0 Å². The predicted octanol–water partition coefficient (Wildman–Crippen LogP) is 1.94. The van der Waals surface area contributed by atoms with E-state index >= 15 is 0 Å². The van der Waals surface area contributed by atoms with Crippen LogP contribution >= 0.6 is 11.8 Å². The molecule has 1 aromatic rings. The summed E-state index contributed by atoms with van der Waals surface area (Å²) in [6.07, 6.45) is 3.44. The maximum absolute atomic E-state index is 11.7. The first-order valence-electron chi connectivity index (χ1n) is 4.31. The van der Waals surface area contributed by atoms with Gasteiger partial charge < -0.3 is 0 Å². The molecule has 0 aliphatic carbocycles. The van der Waals surface area contributed by atoms with E-state index in [0.717, 1.165) is 22.6 Å². The largest absolute Gasteiger partial charge is 0.294 e. The van der Waals surface area contributed by atoms with Gasteiger partial charge in [-0.25, -0.2) is 0 Å². The van der Waals surface area contributed by atoms with Gasteiger partial charge in [-0.1, -0.05) is 0 Å². The quantitative estimate of drug-likeness (QED) is 0.672. The highest BCUT2D eigenvalue weighted by atomic mass is 32.2. The van der Waals surface area contributed by atoms with E-state index < -0.39 is 0 Å². The summed E-state index contributed by atoms with van der Waals surface area (Å²) in [4.78, 5) is 15.7. The Hall–Kier alpha value is -0.830. The van der Waals surface area contributed by atoms with Crippen molar-refractivity contribution >= 4 is 17.5 Å². The molecular weight excluding hydrogens is 182 g/mol. The fourth-order valence-electron chi connectivity index (χ4n) is 1.31. The summed E-state index contributed by atoms with van der Waals surface area (Å²) in [6.45, 7) is 1.96. The zero-order valence-electron chi connectivity index (χ0n) is 7.49. The molecule has 2 nitrogen and oxygen atoms in total. The first kappa shape index (κ1) is 8.75. The third-order valence-electron chi connectivity index (χ3n) is 2.17. The lowest BCUT2D eigenvalue weighted by Gasteiger charge is -2.23. The number of hydrogen-bond acceptors (Lipinski definition) is 3. The standard InChI is InChI=1S/C10H11NOS/c1-7-2-8(4-11-3-7)10(12)9-5-13-6-9/h2-4,9H,5-6H2,1H3. The molecule has 13 heavy (non-hydrogen) atoms. The molecule has 1 aliphatic rings. The van der Waals surface area contributed by atoms with Crippen LogP contribution in [0.5, 0.6) is 0 Å². The van der Waals surface area contributed by atoms with E-state index in [2.05, 4.69) is 4.98 Å². The monoisotopic (exact) mass is 193 g/mol. The van der Waals surface area contributed by atoms with Crippen LogP contribution in [0.3, 0.4) is 0 Å². The van der Waals surface area contributed by atoms with Gasteiger partial charge in [-0.2, -0.15) is 11.8 Å². The van der Waals surface area contributed by atoms with Crippen molar-refractivity contribution in [3.63, 3.8) is 0 Å². The van der Waals surface area contributed by atoms with E-state index in [1.807, 2.05) is 24.8 Å². The molecule has 3 heteroatoms. The van der Waals surface area contributed by atoms with E-state index in [0.29, 0.717) is 0 Å². The second-order valence-corrected chi connectivity index (χ2v) is 4.42. The number of Topliss-reactive ketones (excluding diaryl/α,β-unsaturated/α-hetero) is 1. The number of ketones is 1. The van der Waals surface area contributed by atoms with Crippen LogP contribution in [0.2, 0.25) is 0 Å². The summed E-state index contributed by atoms with van der Waals surface area (Å²) >= 11 is 1.83. The summed E-state index contributed by atoms with van der Waals surface area (Å²) in [6, 6.07) is 1.92. The van der Waals surface area contributed by atoms with E-state index in [-0.39, 0.29) is 11.7 Å². The van der Waals surface area contributed by atoms with Crippen molar-refractivity contribution in [3.05, 3.63) is 29.6 Å². The zero-order chi connectivity index (χ0) is 9.26. The fraction of sp³-hybridized carbons (Fsp3) is 0.400. The first-order chi connectivity index (χ1) is 6.27. The minimum Gasteiger partial charge on any atom is -0.294 e. The summed E-state index contributed by atoms with van der Waals surface area (Å²) in [5.41, 5.74) is 1.82. The van der Waals surface area contributed by atoms with E-state index in [4.69, 9.17) is 0 Å². The maximum atomic E-state index is 11.7. The summed E-state index contributed by atoms with van der Waals surface area (Å²) in [7, 11) is 0. The molecule has 1 fully saturated rings. The zero-order valence-corrected chi connectivity index (χ0v) is 8.30. The van der Waals surface area contributed by atoms with Crippen LogP contribution < -0.4 is 0 Å². The number of carbonyl (C=O) groups excluding carboxylic acids is 1. The molecule has 0 N–H and O–H groups in total. The van der Waals surface area contributed by atoms with Gasteiger partial charge >= 0.3 is 0 Å². The molecule has 0 aromatic carbocycles. The lowest BCUT2D eigenvalue weighted by Crippen LogP contribution is -2.27. The minimum absolute atomic E-state index is 0.244. The fourth-order valence-corrected chi connectivity index (χ4v) is 2.09. The predicted molar refractivity (Wildman–Crippen MR) is 54.1 cm³/mol. The molecule has 0 radical (unpaired) electrons. The number of aromatic nitrogens is 1. The molecule has 1 aromatic heterocycles. The van der Waals surface area contributed by atoms with Crippen LogP contribution in [-0.4, -0.2) is 22.3 Å². The maximum Gasteiger partial charge on any atom is 0.169 e.